The van der Waals surface area contributed by atoms with E-state index in [4.69, 9.17) is 9.26 Å². The average molecular weight is 502 g/mol. The van der Waals surface area contributed by atoms with Gasteiger partial charge in [0.2, 0.25) is 11.7 Å². The molecule has 36 heavy (non-hydrogen) atoms. The molecule has 0 saturated heterocycles. The van der Waals surface area contributed by atoms with Crippen LogP contribution in [0.1, 0.15) is 17.0 Å². The zero-order valence-electron chi connectivity index (χ0n) is 18.0. The molecule has 0 spiro atoms. The number of alkyl halides is 4. The van der Waals surface area contributed by atoms with Gasteiger partial charge in [0.25, 0.3) is 5.89 Å². The maximum Gasteiger partial charge on any atom is 0.417 e. The Balaban J connectivity index is 1.35. The van der Waals surface area contributed by atoms with Crippen LogP contribution in [0.25, 0.3) is 22.8 Å². The monoisotopic (exact) mass is 502 g/mol. The molecule has 5 heterocycles. The maximum atomic E-state index is 13.5. The first-order valence-corrected chi connectivity index (χ1v) is 10.2. The molecular formula is C20H14F4N10O2. The maximum absolute atomic E-state index is 13.5. The lowest BCUT2D eigenvalue weighted by molar-refractivity contribution is -0.137. The Bertz CT molecular complexity index is 1450. The summed E-state index contributed by atoms with van der Waals surface area (Å²) in [5.41, 5.74) is 0.854. The van der Waals surface area contributed by atoms with Gasteiger partial charge in [0, 0.05) is 24.0 Å². The topological polar surface area (TPSA) is 135 Å². The molecular weight excluding hydrogens is 488 g/mol. The number of nitrogens with zero attached hydrogens (tertiary/aromatic N) is 10. The number of halogens is 4. The van der Waals surface area contributed by atoms with Gasteiger partial charge in [0.1, 0.15) is 12.9 Å². The number of pyridine rings is 2. The molecule has 16 heteroatoms. The second-order valence-corrected chi connectivity index (χ2v) is 7.26. The van der Waals surface area contributed by atoms with E-state index in [0.29, 0.717) is 29.6 Å². The zero-order chi connectivity index (χ0) is 25.1. The lowest BCUT2D eigenvalue weighted by Crippen LogP contribution is -2.08. The van der Waals surface area contributed by atoms with E-state index in [0.717, 1.165) is 16.8 Å². The summed E-state index contributed by atoms with van der Waals surface area (Å²) in [4.78, 5) is 12.3. The zero-order valence-corrected chi connectivity index (χ0v) is 18.0. The summed E-state index contributed by atoms with van der Waals surface area (Å²) >= 11 is 0. The van der Waals surface area contributed by atoms with Gasteiger partial charge in [-0.2, -0.15) is 23.3 Å². The summed E-state index contributed by atoms with van der Waals surface area (Å²) in [6.45, 7) is -0.917. The predicted molar refractivity (Wildman–Crippen MR) is 110 cm³/mol. The molecule has 0 bridgehead atoms. The van der Waals surface area contributed by atoms with E-state index in [1.165, 1.54) is 17.2 Å². The Kier molecular flexibility index (Phi) is 6.05. The SMILES string of the molecule is FCn1ncc(-c2nc(-c3ccnc(Cn4cnnn4)c3)no2)c1COc1ccc(C(F)(F)F)cn1. The Morgan fingerprint density at radius 1 is 1.08 bits per heavy atom. The number of rotatable bonds is 8. The molecule has 0 aromatic carbocycles. The summed E-state index contributed by atoms with van der Waals surface area (Å²) in [5, 5.41) is 18.9. The van der Waals surface area contributed by atoms with Crippen molar-refractivity contribution in [2.75, 3.05) is 0 Å². The highest BCUT2D eigenvalue weighted by molar-refractivity contribution is 5.61. The van der Waals surface area contributed by atoms with Gasteiger partial charge in [0.05, 0.1) is 35.3 Å². The molecule has 0 N–H and O–H groups in total. The molecule has 0 aliphatic rings. The number of aromatic nitrogens is 10. The van der Waals surface area contributed by atoms with Crippen LogP contribution in [0.4, 0.5) is 17.6 Å². The summed E-state index contributed by atoms with van der Waals surface area (Å²) in [5.74, 6) is 0.204. The minimum Gasteiger partial charge on any atom is -0.471 e. The lowest BCUT2D eigenvalue weighted by Gasteiger charge is -2.09. The quantitative estimate of drug-likeness (QED) is 0.291. The van der Waals surface area contributed by atoms with Gasteiger partial charge in [-0.05, 0) is 28.6 Å². The van der Waals surface area contributed by atoms with Crippen molar-refractivity contribution in [3.05, 3.63) is 66.1 Å². The highest BCUT2D eigenvalue weighted by Gasteiger charge is 2.30. The van der Waals surface area contributed by atoms with Crippen molar-refractivity contribution in [2.45, 2.75) is 26.1 Å². The second-order valence-electron chi connectivity index (χ2n) is 7.26. The molecule has 0 aliphatic heterocycles. The molecule has 0 unspecified atom stereocenters. The fourth-order valence-electron chi connectivity index (χ4n) is 3.19. The van der Waals surface area contributed by atoms with Crippen molar-refractivity contribution in [3.63, 3.8) is 0 Å². The van der Waals surface area contributed by atoms with Gasteiger partial charge in [-0.25, -0.2) is 18.7 Å². The van der Waals surface area contributed by atoms with Crippen LogP contribution in [-0.4, -0.2) is 50.1 Å². The molecule has 5 aromatic rings. The van der Waals surface area contributed by atoms with Crippen LogP contribution in [0.3, 0.4) is 0 Å². The normalized spacial score (nSPS) is 11.7. The van der Waals surface area contributed by atoms with Crippen molar-refractivity contribution in [3.8, 4) is 28.7 Å². The number of tetrazole rings is 1. The van der Waals surface area contributed by atoms with E-state index < -0.39 is 18.5 Å². The Morgan fingerprint density at radius 3 is 2.69 bits per heavy atom. The molecule has 184 valence electrons. The molecule has 0 saturated carbocycles. The van der Waals surface area contributed by atoms with Crippen LogP contribution >= 0.6 is 0 Å². The molecule has 0 atom stereocenters. The van der Waals surface area contributed by atoms with Crippen LogP contribution in [0.5, 0.6) is 5.88 Å². The van der Waals surface area contributed by atoms with Crippen LogP contribution in [0.2, 0.25) is 0 Å². The molecule has 0 radical (unpaired) electrons. The van der Waals surface area contributed by atoms with Crippen LogP contribution in [-0.2, 0) is 26.1 Å². The van der Waals surface area contributed by atoms with E-state index in [1.54, 1.807) is 18.3 Å². The minimum atomic E-state index is -4.52. The summed E-state index contributed by atoms with van der Waals surface area (Å²) in [7, 11) is 0. The summed E-state index contributed by atoms with van der Waals surface area (Å²) in [6.07, 6.45) is 0.473. The first-order valence-electron chi connectivity index (χ1n) is 10.2. The number of hydrogen-bond acceptors (Lipinski definition) is 10. The van der Waals surface area contributed by atoms with E-state index in [2.05, 4.69) is 40.7 Å². The largest absolute Gasteiger partial charge is 0.471 e. The van der Waals surface area contributed by atoms with E-state index in [9.17, 15) is 17.6 Å². The molecule has 0 fully saturated rings. The minimum absolute atomic E-state index is 0.0440. The highest BCUT2D eigenvalue weighted by Crippen LogP contribution is 2.30. The number of ether oxygens (including phenoxy) is 1. The van der Waals surface area contributed by atoms with Crippen molar-refractivity contribution < 1.29 is 26.8 Å². The standard InChI is InChI=1S/C20H14F4N10O2/c21-10-34-16(9-35-17-2-1-13(6-26-17)20(22,23)24)15(7-28-34)19-29-18(30-36-19)12-3-4-25-14(5-12)8-33-11-27-31-32-33/h1-7,11H,8-10H2. The molecule has 0 amide bonds. The Labute approximate surface area is 198 Å². The van der Waals surface area contributed by atoms with Gasteiger partial charge in [0.15, 0.2) is 6.80 Å². The molecule has 12 nitrogen and oxygen atoms in total. The smallest absolute Gasteiger partial charge is 0.417 e. The third-order valence-corrected chi connectivity index (χ3v) is 4.93. The van der Waals surface area contributed by atoms with Gasteiger partial charge in [-0.3, -0.25) is 4.98 Å². The highest BCUT2D eigenvalue weighted by atomic mass is 19.4. The van der Waals surface area contributed by atoms with Crippen molar-refractivity contribution in [1.82, 2.24) is 50.1 Å². The third kappa shape index (κ3) is 4.86. The van der Waals surface area contributed by atoms with Gasteiger partial charge in [-0.15, -0.1) is 5.10 Å². The Hall–Kier alpha value is -4.76. The third-order valence-electron chi connectivity index (χ3n) is 4.93. The van der Waals surface area contributed by atoms with Crippen molar-refractivity contribution in [2.24, 2.45) is 0 Å². The van der Waals surface area contributed by atoms with Crippen LogP contribution in [0.15, 0.2) is 53.7 Å². The molecule has 5 rings (SSSR count). The van der Waals surface area contributed by atoms with E-state index in [-0.39, 0.29) is 29.9 Å². The van der Waals surface area contributed by atoms with E-state index in [1.807, 2.05) is 0 Å². The summed E-state index contributed by atoms with van der Waals surface area (Å²) in [6, 6.07) is 5.33. The first kappa shape index (κ1) is 23.0. The van der Waals surface area contributed by atoms with Gasteiger partial charge in [-0.1, -0.05) is 5.16 Å². The average Bonchev–Trinajstić information content (AvgIpc) is 3.63. The summed E-state index contributed by atoms with van der Waals surface area (Å²) < 4.78 is 65.0. The molecule has 0 aliphatic carbocycles. The Morgan fingerprint density at radius 2 is 1.97 bits per heavy atom. The van der Waals surface area contributed by atoms with Crippen molar-refractivity contribution >= 4 is 0 Å². The fourth-order valence-corrected chi connectivity index (χ4v) is 3.19. The van der Waals surface area contributed by atoms with Crippen LogP contribution < -0.4 is 4.74 Å². The van der Waals surface area contributed by atoms with Gasteiger partial charge >= 0.3 is 6.18 Å². The molecule has 5 aromatic heterocycles. The van der Waals surface area contributed by atoms with Gasteiger partial charge < -0.3 is 9.26 Å². The lowest BCUT2D eigenvalue weighted by atomic mass is 10.2. The number of hydrogen-bond donors (Lipinski definition) is 0. The van der Waals surface area contributed by atoms with E-state index >= 15 is 0 Å². The first-order chi connectivity index (χ1) is 17.4. The second kappa shape index (κ2) is 9.47. The van der Waals surface area contributed by atoms with Crippen LogP contribution in [0, 0.1) is 0 Å². The van der Waals surface area contributed by atoms with Crippen molar-refractivity contribution in [1.29, 1.82) is 0 Å². The predicted octanol–water partition coefficient (Wildman–Crippen LogP) is 2.95. The fraction of sp³-hybridized carbons (Fsp3) is 0.200.